The molecule has 0 saturated heterocycles. The van der Waals surface area contributed by atoms with E-state index in [1.165, 1.54) is 16.7 Å². The summed E-state index contributed by atoms with van der Waals surface area (Å²) < 4.78 is 6.70. The average Bonchev–Trinajstić information content (AvgIpc) is 2.90. The molecule has 0 spiro atoms. The van der Waals surface area contributed by atoms with E-state index in [9.17, 15) is 0 Å². The second-order valence-corrected chi connectivity index (χ2v) is 6.15. The Hall–Kier alpha value is -1.48. The van der Waals surface area contributed by atoms with Crippen molar-refractivity contribution in [1.29, 1.82) is 0 Å². The van der Waals surface area contributed by atoms with E-state index in [2.05, 4.69) is 71.5 Å². The molecule has 0 radical (unpaired) electrons. The van der Waals surface area contributed by atoms with Crippen LogP contribution in [0.15, 0.2) is 40.9 Å². The van der Waals surface area contributed by atoms with E-state index < -0.39 is 0 Å². The molecular weight excluding hydrogens is 314 g/mol. The van der Waals surface area contributed by atoms with E-state index in [-0.39, 0.29) is 6.04 Å². The molecule has 1 heterocycles. The Morgan fingerprint density at radius 2 is 2.05 bits per heavy atom. The largest absolute Gasteiger partial charge is 0.493 e. The summed E-state index contributed by atoms with van der Waals surface area (Å²) in [4.78, 5) is 0. The van der Waals surface area contributed by atoms with Gasteiger partial charge in [0.2, 0.25) is 0 Å². The number of halogens is 1. The fourth-order valence-corrected chi connectivity index (χ4v) is 2.79. The summed E-state index contributed by atoms with van der Waals surface area (Å²) in [6, 6.07) is 13.1. The Morgan fingerprint density at radius 1 is 1.20 bits per heavy atom. The van der Waals surface area contributed by atoms with Gasteiger partial charge in [-0.05, 0) is 60.9 Å². The number of benzene rings is 2. The fraction of sp³-hybridized carbons (Fsp3) is 0.294. The molecule has 1 unspecified atom stereocenters. The van der Waals surface area contributed by atoms with Crippen molar-refractivity contribution in [2.75, 3.05) is 11.9 Å². The lowest BCUT2D eigenvalue weighted by Gasteiger charge is -2.17. The fourth-order valence-electron chi connectivity index (χ4n) is 2.54. The zero-order valence-electron chi connectivity index (χ0n) is 11.7. The lowest BCUT2D eigenvalue weighted by Crippen LogP contribution is -2.07. The highest BCUT2D eigenvalue weighted by Crippen LogP contribution is 2.30. The van der Waals surface area contributed by atoms with Gasteiger partial charge in [0.25, 0.3) is 0 Å². The summed E-state index contributed by atoms with van der Waals surface area (Å²) in [6.07, 6.45) is 1.02. The first-order valence-corrected chi connectivity index (χ1v) is 7.71. The summed E-state index contributed by atoms with van der Waals surface area (Å²) >= 11 is 3.53. The molecule has 1 aliphatic heterocycles. The molecule has 2 nitrogen and oxygen atoms in total. The second-order valence-electron chi connectivity index (χ2n) is 5.30. The van der Waals surface area contributed by atoms with Gasteiger partial charge in [-0.2, -0.15) is 0 Å². The van der Waals surface area contributed by atoms with Gasteiger partial charge in [-0.25, -0.2) is 0 Å². The van der Waals surface area contributed by atoms with Crippen molar-refractivity contribution in [2.45, 2.75) is 26.3 Å². The molecule has 0 aliphatic carbocycles. The normalized spacial score (nSPS) is 14.6. The predicted molar refractivity (Wildman–Crippen MR) is 86.6 cm³/mol. The zero-order valence-corrected chi connectivity index (χ0v) is 13.3. The third kappa shape index (κ3) is 2.68. The van der Waals surface area contributed by atoms with Gasteiger partial charge < -0.3 is 10.1 Å². The number of hydrogen-bond acceptors (Lipinski definition) is 2. The first-order chi connectivity index (χ1) is 9.63. The molecule has 0 bridgehead atoms. The second kappa shape index (κ2) is 5.49. The number of aryl methyl sites for hydroxylation is 1. The number of anilines is 1. The van der Waals surface area contributed by atoms with Crippen molar-refractivity contribution in [3.63, 3.8) is 0 Å². The van der Waals surface area contributed by atoms with Crippen LogP contribution in [-0.4, -0.2) is 6.61 Å². The van der Waals surface area contributed by atoms with Gasteiger partial charge in [0.05, 0.1) is 6.61 Å². The monoisotopic (exact) mass is 331 g/mol. The van der Waals surface area contributed by atoms with Crippen LogP contribution in [0.1, 0.15) is 29.7 Å². The number of fused-ring (bicyclic) bond motifs is 1. The first-order valence-electron chi connectivity index (χ1n) is 6.92. The van der Waals surface area contributed by atoms with E-state index in [0.29, 0.717) is 0 Å². The van der Waals surface area contributed by atoms with Crippen molar-refractivity contribution < 1.29 is 4.74 Å². The van der Waals surface area contributed by atoms with Gasteiger partial charge in [0.1, 0.15) is 5.75 Å². The highest BCUT2D eigenvalue weighted by atomic mass is 79.9. The summed E-state index contributed by atoms with van der Waals surface area (Å²) in [5, 5.41) is 3.56. The van der Waals surface area contributed by atoms with E-state index in [1.54, 1.807) is 0 Å². The Balaban J connectivity index is 1.78. The van der Waals surface area contributed by atoms with Gasteiger partial charge in [0.15, 0.2) is 0 Å². The van der Waals surface area contributed by atoms with Crippen LogP contribution in [0.4, 0.5) is 5.69 Å². The number of ether oxygens (including phenoxy) is 1. The Kier molecular flexibility index (Phi) is 3.70. The van der Waals surface area contributed by atoms with Crippen LogP contribution < -0.4 is 10.1 Å². The third-order valence-corrected chi connectivity index (χ3v) is 4.64. The molecule has 3 rings (SSSR count). The number of nitrogens with one attached hydrogen (secondary N) is 1. The minimum Gasteiger partial charge on any atom is -0.493 e. The highest BCUT2D eigenvalue weighted by Gasteiger charge is 2.14. The SMILES string of the molecule is Cc1cc(NC(C)c2ccc3c(c2)CCO3)ccc1Br. The van der Waals surface area contributed by atoms with E-state index >= 15 is 0 Å². The Morgan fingerprint density at radius 3 is 2.85 bits per heavy atom. The van der Waals surface area contributed by atoms with Gasteiger partial charge in [-0.15, -0.1) is 0 Å². The van der Waals surface area contributed by atoms with E-state index in [1.807, 2.05) is 0 Å². The molecule has 0 aromatic heterocycles. The van der Waals surface area contributed by atoms with Crippen LogP contribution in [0.25, 0.3) is 0 Å². The van der Waals surface area contributed by atoms with Crippen molar-refractivity contribution in [1.82, 2.24) is 0 Å². The molecule has 0 saturated carbocycles. The van der Waals surface area contributed by atoms with Gasteiger partial charge in [-0.1, -0.05) is 22.0 Å². The van der Waals surface area contributed by atoms with Crippen LogP contribution in [-0.2, 0) is 6.42 Å². The van der Waals surface area contributed by atoms with E-state index in [4.69, 9.17) is 4.74 Å². The molecule has 1 aliphatic rings. The van der Waals surface area contributed by atoms with Crippen molar-refractivity contribution in [3.8, 4) is 5.75 Å². The molecular formula is C17H18BrNO. The number of hydrogen-bond donors (Lipinski definition) is 1. The van der Waals surface area contributed by atoms with Gasteiger partial charge in [-0.3, -0.25) is 0 Å². The third-order valence-electron chi connectivity index (χ3n) is 3.75. The summed E-state index contributed by atoms with van der Waals surface area (Å²) in [6.45, 7) is 5.11. The van der Waals surface area contributed by atoms with Crippen LogP contribution >= 0.6 is 15.9 Å². The predicted octanol–water partition coefficient (Wildman–Crippen LogP) is 4.87. The summed E-state index contributed by atoms with van der Waals surface area (Å²) in [5.74, 6) is 1.04. The molecule has 0 fully saturated rings. The first kappa shape index (κ1) is 13.5. The Labute approximate surface area is 128 Å². The Bertz CT molecular complexity index is 639. The topological polar surface area (TPSA) is 21.3 Å². The van der Waals surface area contributed by atoms with Crippen LogP contribution in [0.3, 0.4) is 0 Å². The minimum atomic E-state index is 0.279. The standard InChI is InChI=1S/C17H18BrNO/c1-11-9-15(4-5-16(11)18)19-12(2)13-3-6-17-14(10-13)7-8-20-17/h3-6,9-10,12,19H,7-8H2,1-2H3. The lowest BCUT2D eigenvalue weighted by atomic mass is 10.0. The molecule has 0 amide bonds. The molecule has 2 aromatic rings. The van der Waals surface area contributed by atoms with E-state index in [0.717, 1.165) is 28.9 Å². The van der Waals surface area contributed by atoms with Crippen molar-refractivity contribution >= 4 is 21.6 Å². The molecule has 104 valence electrons. The molecule has 20 heavy (non-hydrogen) atoms. The number of rotatable bonds is 3. The van der Waals surface area contributed by atoms with Crippen LogP contribution in [0.2, 0.25) is 0 Å². The zero-order chi connectivity index (χ0) is 14.1. The highest BCUT2D eigenvalue weighted by molar-refractivity contribution is 9.10. The maximum Gasteiger partial charge on any atom is 0.122 e. The smallest absolute Gasteiger partial charge is 0.122 e. The van der Waals surface area contributed by atoms with Crippen molar-refractivity contribution in [2.24, 2.45) is 0 Å². The summed E-state index contributed by atoms with van der Waals surface area (Å²) in [5.41, 5.74) is 5.01. The molecule has 2 aromatic carbocycles. The molecule has 1 atom stereocenters. The molecule has 1 N–H and O–H groups in total. The lowest BCUT2D eigenvalue weighted by molar-refractivity contribution is 0.357. The van der Waals surface area contributed by atoms with Gasteiger partial charge >= 0.3 is 0 Å². The summed E-state index contributed by atoms with van der Waals surface area (Å²) in [7, 11) is 0. The minimum absolute atomic E-state index is 0.279. The van der Waals surface area contributed by atoms with Crippen LogP contribution in [0, 0.1) is 6.92 Å². The van der Waals surface area contributed by atoms with Gasteiger partial charge in [0, 0.05) is 22.6 Å². The molecule has 3 heteroatoms. The van der Waals surface area contributed by atoms with Crippen LogP contribution in [0.5, 0.6) is 5.75 Å². The maximum absolute atomic E-state index is 5.55. The van der Waals surface area contributed by atoms with Crippen molar-refractivity contribution in [3.05, 3.63) is 57.6 Å². The maximum atomic E-state index is 5.55. The average molecular weight is 332 g/mol. The quantitative estimate of drug-likeness (QED) is 0.866.